The number of hydrogen-bond donors (Lipinski definition) is 1. The molecule has 0 spiro atoms. The van der Waals surface area contributed by atoms with Crippen molar-refractivity contribution in [2.24, 2.45) is 0 Å². The van der Waals surface area contributed by atoms with Gasteiger partial charge in [-0.25, -0.2) is 0 Å². The van der Waals surface area contributed by atoms with Gasteiger partial charge in [0.15, 0.2) is 0 Å². The Kier molecular flexibility index (Phi) is 4.76. The average Bonchev–Trinajstić information content (AvgIpc) is 3.31. The zero-order valence-corrected chi connectivity index (χ0v) is 15.1. The molecule has 2 aromatic carbocycles. The van der Waals surface area contributed by atoms with Crippen LogP contribution in [0.4, 0.5) is 17.2 Å². The first kappa shape index (κ1) is 17.7. The van der Waals surface area contributed by atoms with Crippen LogP contribution in [0, 0.1) is 10.1 Å². The number of para-hydroxylation sites is 2. The van der Waals surface area contributed by atoms with Crippen molar-refractivity contribution in [2.75, 3.05) is 16.8 Å². The standard InChI is InChI=1S/C20H19N5O3/c26-20(14-24-12-10-19(22-24)25(27)28)21-17-7-3-1-6-16(17)13-23-11-9-15-5-2-4-8-18(15)23/h1-8,10,12H,9,11,13-14H2,(H,21,26). The summed E-state index contributed by atoms with van der Waals surface area (Å²) >= 11 is 0. The summed E-state index contributed by atoms with van der Waals surface area (Å²) in [5.74, 6) is -0.562. The number of nitrogens with one attached hydrogen (secondary N) is 1. The van der Waals surface area contributed by atoms with Gasteiger partial charge in [0.25, 0.3) is 0 Å². The first-order valence-corrected chi connectivity index (χ1v) is 8.98. The van der Waals surface area contributed by atoms with Crippen LogP contribution in [0.25, 0.3) is 0 Å². The van der Waals surface area contributed by atoms with Crippen LogP contribution in [0.15, 0.2) is 60.8 Å². The largest absolute Gasteiger partial charge is 0.389 e. The molecule has 28 heavy (non-hydrogen) atoms. The lowest BCUT2D eigenvalue weighted by atomic mass is 10.1. The predicted molar refractivity (Wildman–Crippen MR) is 105 cm³/mol. The summed E-state index contributed by atoms with van der Waals surface area (Å²) in [5, 5.41) is 17.4. The van der Waals surface area contributed by atoms with Gasteiger partial charge in [-0.1, -0.05) is 36.4 Å². The van der Waals surface area contributed by atoms with Crippen LogP contribution < -0.4 is 10.2 Å². The second kappa shape index (κ2) is 7.51. The Morgan fingerprint density at radius 3 is 2.75 bits per heavy atom. The van der Waals surface area contributed by atoms with E-state index in [4.69, 9.17) is 0 Å². The zero-order valence-electron chi connectivity index (χ0n) is 15.1. The van der Waals surface area contributed by atoms with Crippen LogP contribution in [0.3, 0.4) is 0 Å². The van der Waals surface area contributed by atoms with Crippen LogP contribution in [0.5, 0.6) is 0 Å². The SMILES string of the molecule is O=C(Cn1ccc([N+](=O)[O-])n1)Nc1ccccc1CN1CCc2ccccc21. The third-order valence-electron chi connectivity index (χ3n) is 4.76. The van der Waals surface area contributed by atoms with Crippen molar-refractivity contribution in [3.63, 3.8) is 0 Å². The highest BCUT2D eigenvalue weighted by Crippen LogP contribution is 2.30. The topological polar surface area (TPSA) is 93.3 Å². The van der Waals surface area contributed by atoms with Gasteiger partial charge in [0.05, 0.1) is 17.4 Å². The lowest BCUT2D eigenvalue weighted by Crippen LogP contribution is -2.23. The summed E-state index contributed by atoms with van der Waals surface area (Å²) in [7, 11) is 0. The lowest BCUT2D eigenvalue weighted by Gasteiger charge is -2.21. The van der Waals surface area contributed by atoms with Gasteiger partial charge in [-0.3, -0.25) is 4.79 Å². The molecule has 0 aliphatic carbocycles. The Hall–Kier alpha value is -3.68. The second-order valence-electron chi connectivity index (χ2n) is 6.63. The van der Waals surface area contributed by atoms with Gasteiger partial charge in [0, 0.05) is 24.5 Å². The number of aromatic nitrogens is 2. The Morgan fingerprint density at radius 1 is 1.14 bits per heavy atom. The monoisotopic (exact) mass is 377 g/mol. The van der Waals surface area contributed by atoms with Gasteiger partial charge >= 0.3 is 5.82 Å². The molecule has 1 amide bonds. The number of fused-ring (bicyclic) bond motifs is 1. The van der Waals surface area contributed by atoms with E-state index < -0.39 is 4.92 Å². The molecular formula is C20H19N5O3. The number of carbonyl (C=O) groups is 1. The number of anilines is 2. The van der Waals surface area contributed by atoms with Crippen molar-refractivity contribution < 1.29 is 9.72 Å². The molecule has 1 N–H and O–H groups in total. The van der Waals surface area contributed by atoms with E-state index in [0.29, 0.717) is 6.54 Å². The molecule has 8 nitrogen and oxygen atoms in total. The highest BCUT2D eigenvalue weighted by molar-refractivity contribution is 5.91. The van der Waals surface area contributed by atoms with E-state index in [2.05, 4.69) is 33.5 Å². The number of carbonyl (C=O) groups excluding carboxylic acids is 1. The van der Waals surface area contributed by atoms with E-state index in [1.54, 1.807) is 0 Å². The van der Waals surface area contributed by atoms with E-state index in [9.17, 15) is 14.9 Å². The Labute approximate surface area is 161 Å². The second-order valence-corrected chi connectivity index (χ2v) is 6.63. The van der Waals surface area contributed by atoms with Crippen LogP contribution in [-0.2, 0) is 24.3 Å². The summed E-state index contributed by atoms with van der Waals surface area (Å²) < 4.78 is 1.26. The van der Waals surface area contributed by atoms with E-state index >= 15 is 0 Å². The smallest absolute Gasteiger partial charge is 0.367 e. The molecule has 0 saturated carbocycles. The van der Waals surface area contributed by atoms with Gasteiger partial charge in [0.1, 0.15) is 6.54 Å². The molecule has 3 aromatic rings. The maximum Gasteiger partial charge on any atom is 0.389 e. The normalized spacial score (nSPS) is 12.6. The molecule has 8 heteroatoms. The lowest BCUT2D eigenvalue weighted by molar-refractivity contribution is -0.389. The van der Waals surface area contributed by atoms with Gasteiger partial charge in [0.2, 0.25) is 5.91 Å². The molecule has 1 aromatic heterocycles. The highest BCUT2D eigenvalue weighted by Gasteiger charge is 2.20. The fourth-order valence-corrected chi connectivity index (χ4v) is 3.43. The minimum atomic E-state index is -0.586. The van der Waals surface area contributed by atoms with Crippen molar-refractivity contribution in [1.82, 2.24) is 9.78 Å². The number of nitrogens with zero attached hydrogens (tertiary/aromatic N) is 4. The molecule has 1 aliphatic heterocycles. The van der Waals surface area contributed by atoms with Crippen LogP contribution in [0.2, 0.25) is 0 Å². The molecule has 0 bridgehead atoms. The zero-order chi connectivity index (χ0) is 19.5. The third-order valence-corrected chi connectivity index (χ3v) is 4.76. The van der Waals surface area contributed by atoms with E-state index in [1.807, 2.05) is 30.3 Å². The van der Waals surface area contributed by atoms with Crippen LogP contribution in [-0.4, -0.2) is 27.2 Å². The Bertz CT molecular complexity index is 1030. The fraction of sp³-hybridized carbons (Fsp3) is 0.200. The van der Waals surface area contributed by atoms with Crippen molar-refractivity contribution in [2.45, 2.75) is 19.5 Å². The Morgan fingerprint density at radius 2 is 1.93 bits per heavy atom. The summed E-state index contributed by atoms with van der Waals surface area (Å²) in [6.07, 6.45) is 2.44. The van der Waals surface area contributed by atoms with E-state index in [1.165, 1.54) is 28.2 Å². The maximum atomic E-state index is 12.4. The quantitative estimate of drug-likeness (QED) is 0.526. The summed E-state index contributed by atoms with van der Waals surface area (Å²) in [6.45, 7) is 1.55. The third kappa shape index (κ3) is 3.71. The molecule has 2 heterocycles. The van der Waals surface area contributed by atoms with Crippen molar-refractivity contribution >= 4 is 23.1 Å². The molecule has 0 saturated heterocycles. The van der Waals surface area contributed by atoms with Gasteiger partial charge in [-0.05, 0) is 34.6 Å². The molecule has 0 radical (unpaired) electrons. The average molecular weight is 377 g/mol. The Balaban J connectivity index is 1.46. The maximum absolute atomic E-state index is 12.4. The molecule has 0 unspecified atom stereocenters. The van der Waals surface area contributed by atoms with Crippen molar-refractivity contribution in [3.8, 4) is 0 Å². The summed E-state index contributed by atoms with van der Waals surface area (Å²) in [4.78, 5) is 24.8. The number of benzene rings is 2. The number of amides is 1. The molecule has 142 valence electrons. The molecule has 1 aliphatic rings. The first-order chi connectivity index (χ1) is 13.6. The van der Waals surface area contributed by atoms with Crippen molar-refractivity contribution in [1.29, 1.82) is 0 Å². The van der Waals surface area contributed by atoms with E-state index in [0.717, 1.165) is 24.2 Å². The minimum Gasteiger partial charge on any atom is -0.367 e. The first-order valence-electron chi connectivity index (χ1n) is 8.98. The number of rotatable bonds is 6. The highest BCUT2D eigenvalue weighted by atomic mass is 16.6. The van der Waals surface area contributed by atoms with Gasteiger partial charge in [-0.15, -0.1) is 0 Å². The fourth-order valence-electron chi connectivity index (χ4n) is 3.43. The van der Waals surface area contributed by atoms with Crippen LogP contribution >= 0.6 is 0 Å². The molecular weight excluding hydrogens is 358 g/mol. The van der Waals surface area contributed by atoms with Gasteiger partial charge < -0.3 is 20.3 Å². The summed E-state index contributed by atoms with van der Waals surface area (Å²) in [6, 6.07) is 17.3. The van der Waals surface area contributed by atoms with Gasteiger partial charge in [-0.2, -0.15) is 4.68 Å². The minimum absolute atomic E-state index is 0.0886. The van der Waals surface area contributed by atoms with Crippen molar-refractivity contribution in [3.05, 3.63) is 82.0 Å². The molecule has 0 atom stereocenters. The molecule has 4 rings (SSSR count). The number of nitro groups is 1. The van der Waals surface area contributed by atoms with E-state index in [-0.39, 0.29) is 18.3 Å². The number of hydrogen-bond acceptors (Lipinski definition) is 5. The molecule has 0 fully saturated rings. The van der Waals surface area contributed by atoms with Crippen LogP contribution in [0.1, 0.15) is 11.1 Å². The predicted octanol–water partition coefficient (Wildman–Crippen LogP) is 2.99. The summed E-state index contributed by atoms with van der Waals surface area (Å²) in [5.41, 5.74) is 4.31.